The van der Waals surface area contributed by atoms with E-state index in [4.69, 9.17) is 5.73 Å². The Morgan fingerprint density at radius 2 is 2.41 bits per heavy atom. The molecule has 0 radical (unpaired) electrons. The number of amides is 1. The summed E-state index contributed by atoms with van der Waals surface area (Å²) in [4.78, 5) is 20.4. The van der Waals surface area contributed by atoms with Crippen LogP contribution in [-0.4, -0.2) is 28.7 Å². The predicted molar refractivity (Wildman–Crippen MR) is 72.3 cm³/mol. The second kappa shape index (κ2) is 5.33. The number of thioether (sulfide) groups is 1. The smallest absolute Gasteiger partial charge is 0.227 e. The number of nitrogens with zero attached hydrogens (tertiary/aromatic N) is 2. The van der Waals surface area contributed by atoms with Gasteiger partial charge in [0.25, 0.3) is 0 Å². The molecule has 0 saturated heterocycles. The fourth-order valence-corrected chi connectivity index (χ4v) is 2.80. The number of thiophene rings is 1. The summed E-state index contributed by atoms with van der Waals surface area (Å²) in [5.74, 6) is 2.11. The van der Waals surface area contributed by atoms with Crippen molar-refractivity contribution in [1.29, 1.82) is 0 Å². The van der Waals surface area contributed by atoms with Crippen LogP contribution in [0.15, 0.2) is 11.4 Å². The average molecular weight is 268 g/mol. The van der Waals surface area contributed by atoms with Crippen molar-refractivity contribution in [2.45, 2.75) is 5.75 Å². The van der Waals surface area contributed by atoms with Gasteiger partial charge in [0.05, 0.1) is 16.9 Å². The number of aromatic nitrogens is 2. The molecule has 0 aromatic carbocycles. The summed E-state index contributed by atoms with van der Waals surface area (Å²) in [6, 6.07) is 1.99. The Kier molecular flexibility index (Phi) is 3.80. The lowest BCUT2D eigenvalue weighted by Gasteiger charge is -2.04. The number of primary amides is 1. The van der Waals surface area contributed by atoms with Gasteiger partial charge in [0, 0.05) is 7.05 Å². The number of carbonyl (C=O) groups excluding carboxylic acids is 1. The van der Waals surface area contributed by atoms with E-state index in [2.05, 4.69) is 15.3 Å². The van der Waals surface area contributed by atoms with Crippen LogP contribution < -0.4 is 11.1 Å². The van der Waals surface area contributed by atoms with Gasteiger partial charge in [0.2, 0.25) is 5.91 Å². The van der Waals surface area contributed by atoms with E-state index < -0.39 is 0 Å². The lowest BCUT2D eigenvalue weighted by atomic mass is 10.4. The Morgan fingerprint density at radius 3 is 3.12 bits per heavy atom. The van der Waals surface area contributed by atoms with Gasteiger partial charge in [0.15, 0.2) is 0 Å². The molecule has 5 nitrogen and oxygen atoms in total. The molecular formula is C10H12N4OS2. The summed E-state index contributed by atoms with van der Waals surface area (Å²) in [5, 5.41) is 6.07. The van der Waals surface area contributed by atoms with Crippen LogP contribution in [0.2, 0.25) is 0 Å². The van der Waals surface area contributed by atoms with Gasteiger partial charge in [-0.2, -0.15) is 0 Å². The first-order valence-corrected chi connectivity index (χ1v) is 7.02. The van der Waals surface area contributed by atoms with E-state index in [1.165, 1.54) is 11.8 Å². The van der Waals surface area contributed by atoms with Gasteiger partial charge in [-0.25, -0.2) is 9.97 Å². The van der Waals surface area contributed by atoms with Gasteiger partial charge in [0.1, 0.15) is 16.5 Å². The zero-order valence-corrected chi connectivity index (χ0v) is 10.9. The molecule has 0 atom stereocenters. The maximum Gasteiger partial charge on any atom is 0.227 e. The third kappa shape index (κ3) is 2.86. The largest absolute Gasteiger partial charge is 0.372 e. The van der Waals surface area contributed by atoms with Crippen LogP contribution in [0.25, 0.3) is 10.2 Å². The molecule has 7 heteroatoms. The number of hydrogen-bond acceptors (Lipinski definition) is 6. The van der Waals surface area contributed by atoms with E-state index in [0.29, 0.717) is 11.5 Å². The summed E-state index contributed by atoms with van der Waals surface area (Å²) in [6.45, 7) is 0. The van der Waals surface area contributed by atoms with Crippen LogP contribution >= 0.6 is 23.1 Å². The molecule has 0 aliphatic carbocycles. The third-order valence-corrected chi connectivity index (χ3v) is 3.84. The molecule has 0 aliphatic heterocycles. The van der Waals surface area contributed by atoms with Gasteiger partial charge in [-0.05, 0) is 11.4 Å². The monoisotopic (exact) mass is 268 g/mol. The number of nitrogens with two attached hydrogens (primary N) is 1. The van der Waals surface area contributed by atoms with E-state index >= 15 is 0 Å². The normalized spacial score (nSPS) is 10.6. The highest BCUT2D eigenvalue weighted by molar-refractivity contribution is 7.99. The lowest BCUT2D eigenvalue weighted by molar-refractivity contribution is -0.115. The first kappa shape index (κ1) is 12.1. The van der Waals surface area contributed by atoms with Crippen LogP contribution in [0.1, 0.15) is 5.82 Å². The van der Waals surface area contributed by atoms with Crippen molar-refractivity contribution in [3.05, 3.63) is 17.3 Å². The van der Waals surface area contributed by atoms with E-state index in [0.717, 1.165) is 21.9 Å². The van der Waals surface area contributed by atoms with Crippen molar-refractivity contribution in [2.24, 2.45) is 5.73 Å². The minimum atomic E-state index is -0.318. The molecule has 0 unspecified atom stereocenters. The number of nitrogens with one attached hydrogen (secondary N) is 1. The van der Waals surface area contributed by atoms with Gasteiger partial charge in [-0.3, -0.25) is 4.79 Å². The Hall–Kier alpha value is -1.34. The summed E-state index contributed by atoms with van der Waals surface area (Å²) in [6.07, 6.45) is 0. The molecule has 17 heavy (non-hydrogen) atoms. The molecular weight excluding hydrogens is 256 g/mol. The van der Waals surface area contributed by atoms with Gasteiger partial charge < -0.3 is 11.1 Å². The zero-order chi connectivity index (χ0) is 12.3. The van der Waals surface area contributed by atoms with Crippen molar-refractivity contribution in [2.75, 3.05) is 18.1 Å². The number of anilines is 1. The van der Waals surface area contributed by atoms with Crippen LogP contribution in [0.4, 0.5) is 5.82 Å². The fourth-order valence-electron chi connectivity index (χ4n) is 1.40. The van der Waals surface area contributed by atoms with E-state index in [-0.39, 0.29) is 5.91 Å². The third-order valence-electron chi connectivity index (χ3n) is 2.08. The second-order valence-electron chi connectivity index (χ2n) is 3.34. The minimum Gasteiger partial charge on any atom is -0.372 e. The second-order valence-corrected chi connectivity index (χ2v) is 5.22. The van der Waals surface area contributed by atoms with E-state index in [9.17, 15) is 4.79 Å². The molecule has 3 N–H and O–H groups in total. The Morgan fingerprint density at radius 1 is 1.59 bits per heavy atom. The van der Waals surface area contributed by atoms with Crippen molar-refractivity contribution >= 4 is 45.0 Å². The number of fused-ring (bicyclic) bond motifs is 1. The standard InChI is InChI=1S/C10H12N4OS2/c1-12-9-6-2-3-17-10(6)14-8(13-9)5-16-4-7(11)15/h2-3H,4-5H2,1H3,(H2,11,15)(H,12,13,14). The molecule has 2 aromatic rings. The van der Waals surface area contributed by atoms with Crippen LogP contribution in [0.3, 0.4) is 0 Å². The maximum atomic E-state index is 10.6. The first-order valence-electron chi connectivity index (χ1n) is 4.98. The molecule has 2 rings (SSSR count). The maximum absolute atomic E-state index is 10.6. The molecule has 2 heterocycles. The van der Waals surface area contributed by atoms with Crippen molar-refractivity contribution in [1.82, 2.24) is 9.97 Å². The first-order chi connectivity index (χ1) is 8.20. The van der Waals surface area contributed by atoms with Gasteiger partial charge >= 0.3 is 0 Å². The summed E-state index contributed by atoms with van der Waals surface area (Å²) < 4.78 is 0. The SMILES string of the molecule is CNc1nc(CSCC(N)=O)nc2sccc12. The quantitative estimate of drug-likeness (QED) is 0.858. The van der Waals surface area contributed by atoms with Crippen molar-refractivity contribution in [3.63, 3.8) is 0 Å². The summed E-state index contributed by atoms with van der Waals surface area (Å²) >= 11 is 3.00. The zero-order valence-electron chi connectivity index (χ0n) is 9.27. The highest BCUT2D eigenvalue weighted by Crippen LogP contribution is 2.25. The molecule has 0 saturated carbocycles. The van der Waals surface area contributed by atoms with Crippen LogP contribution in [0.5, 0.6) is 0 Å². The highest BCUT2D eigenvalue weighted by Gasteiger charge is 2.08. The minimum absolute atomic E-state index is 0.292. The van der Waals surface area contributed by atoms with Crippen LogP contribution in [-0.2, 0) is 10.5 Å². The highest BCUT2D eigenvalue weighted by atomic mass is 32.2. The Balaban J connectivity index is 2.19. The Bertz CT molecular complexity index is 540. The van der Waals surface area contributed by atoms with Crippen LogP contribution in [0, 0.1) is 0 Å². The molecule has 0 bridgehead atoms. The lowest BCUT2D eigenvalue weighted by Crippen LogP contribution is -2.13. The van der Waals surface area contributed by atoms with Crippen molar-refractivity contribution < 1.29 is 4.79 Å². The summed E-state index contributed by atoms with van der Waals surface area (Å²) in [5.41, 5.74) is 5.08. The number of carbonyl (C=O) groups is 1. The fraction of sp³-hybridized carbons (Fsp3) is 0.300. The van der Waals surface area contributed by atoms with Gasteiger partial charge in [-0.15, -0.1) is 23.1 Å². The van der Waals surface area contributed by atoms with Crippen molar-refractivity contribution in [3.8, 4) is 0 Å². The molecule has 0 fully saturated rings. The summed E-state index contributed by atoms with van der Waals surface area (Å²) in [7, 11) is 1.83. The van der Waals surface area contributed by atoms with E-state index in [1.54, 1.807) is 11.3 Å². The predicted octanol–water partition coefficient (Wildman–Crippen LogP) is 1.45. The average Bonchev–Trinajstić information content (AvgIpc) is 2.75. The molecule has 2 aromatic heterocycles. The molecule has 0 spiro atoms. The molecule has 0 aliphatic rings. The molecule has 90 valence electrons. The molecule has 1 amide bonds. The van der Waals surface area contributed by atoms with Gasteiger partial charge in [-0.1, -0.05) is 0 Å². The van der Waals surface area contributed by atoms with E-state index in [1.807, 2.05) is 18.5 Å². The number of rotatable bonds is 5. The topological polar surface area (TPSA) is 80.9 Å². The number of hydrogen-bond donors (Lipinski definition) is 2. The Labute approximate surface area is 107 Å².